The summed E-state index contributed by atoms with van der Waals surface area (Å²) in [6.07, 6.45) is 4.74. The zero-order valence-corrected chi connectivity index (χ0v) is 15.1. The van der Waals surface area contributed by atoms with E-state index in [1.54, 1.807) is 13.2 Å². The quantitative estimate of drug-likeness (QED) is 0.702. The van der Waals surface area contributed by atoms with Gasteiger partial charge in [0.25, 0.3) is 0 Å². The largest absolute Gasteiger partial charge is 0.383 e. The van der Waals surface area contributed by atoms with Crippen molar-refractivity contribution in [2.45, 2.75) is 37.5 Å². The van der Waals surface area contributed by atoms with Crippen molar-refractivity contribution < 1.29 is 13.9 Å². The molecule has 4 nitrogen and oxygen atoms in total. The van der Waals surface area contributed by atoms with Gasteiger partial charge in [-0.25, -0.2) is 4.39 Å². The van der Waals surface area contributed by atoms with E-state index in [9.17, 15) is 9.18 Å². The maximum absolute atomic E-state index is 13.6. The number of ether oxygens (including phenoxy) is 1. The number of benzene rings is 1. The van der Waals surface area contributed by atoms with Crippen LogP contribution >= 0.6 is 12.4 Å². The van der Waals surface area contributed by atoms with Gasteiger partial charge in [0.15, 0.2) is 0 Å². The molecule has 136 valence electrons. The number of carbonyl (C=O) groups is 1. The molecule has 0 unspecified atom stereocenters. The highest BCUT2D eigenvalue weighted by Gasteiger charge is 2.40. The predicted octanol–water partition coefficient (Wildman–Crippen LogP) is 2.80. The first kappa shape index (κ1) is 20.9. The van der Waals surface area contributed by atoms with Gasteiger partial charge in [0.2, 0.25) is 5.91 Å². The molecule has 0 radical (unpaired) electrons. The van der Waals surface area contributed by atoms with Crippen LogP contribution in [-0.2, 0) is 14.9 Å². The smallest absolute Gasteiger partial charge is 0.230 e. The van der Waals surface area contributed by atoms with Crippen molar-refractivity contribution in [1.82, 2.24) is 10.6 Å². The Labute approximate surface area is 149 Å². The van der Waals surface area contributed by atoms with E-state index in [1.807, 2.05) is 6.07 Å². The van der Waals surface area contributed by atoms with Gasteiger partial charge in [0.05, 0.1) is 12.0 Å². The molecule has 2 N–H and O–H groups in total. The van der Waals surface area contributed by atoms with Gasteiger partial charge in [-0.15, -0.1) is 12.4 Å². The Bertz CT molecular complexity index is 508. The van der Waals surface area contributed by atoms with E-state index in [0.717, 1.165) is 44.2 Å². The van der Waals surface area contributed by atoms with Crippen molar-refractivity contribution in [2.24, 2.45) is 0 Å². The molecule has 1 fully saturated rings. The van der Waals surface area contributed by atoms with Gasteiger partial charge in [0.1, 0.15) is 5.82 Å². The lowest BCUT2D eigenvalue weighted by Gasteiger charge is -2.36. The Morgan fingerprint density at radius 3 is 2.62 bits per heavy atom. The van der Waals surface area contributed by atoms with Gasteiger partial charge in [-0.1, -0.05) is 31.4 Å². The number of halogens is 2. The molecule has 0 heterocycles. The summed E-state index contributed by atoms with van der Waals surface area (Å²) < 4.78 is 18.6. The lowest BCUT2D eigenvalue weighted by Crippen LogP contribution is -2.47. The van der Waals surface area contributed by atoms with Crippen LogP contribution in [0.5, 0.6) is 0 Å². The predicted molar refractivity (Wildman–Crippen MR) is 96.2 cm³/mol. The van der Waals surface area contributed by atoms with Gasteiger partial charge < -0.3 is 15.4 Å². The molecular weight excluding hydrogens is 331 g/mol. The minimum Gasteiger partial charge on any atom is -0.383 e. The number of hydrogen-bond acceptors (Lipinski definition) is 3. The first-order chi connectivity index (χ1) is 11.2. The van der Waals surface area contributed by atoms with Crippen LogP contribution < -0.4 is 10.6 Å². The highest BCUT2D eigenvalue weighted by Crippen LogP contribution is 2.39. The Balaban J connectivity index is 0.00000288. The number of nitrogens with one attached hydrogen (secondary N) is 2. The van der Waals surface area contributed by atoms with Gasteiger partial charge in [0, 0.05) is 26.7 Å². The molecule has 0 bridgehead atoms. The van der Waals surface area contributed by atoms with Crippen LogP contribution in [-0.4, -0.2) is 39.3 Å². The Hall–Kier alpha value is -1.17. The van der Waals surface area contributed by atoms with Gasteiger partial charge >= 0.3 is 0 Å². The summed E-state index contributed by atoms with van der Waals surface area (Å²) in [5.41, 5.74) is 0.231. The Kier molecular flexibility index (Phi) is 9.26. The molecule has 0 aromatic heterocycles. The van der Waals surface area contributed by atoms with Crippen molar-refractivity contribution in [1.29, 1.82) is 0 Å². The molecule has 6 heteroatoms. The van der Waals surface area contributed by atoms with Crippen LogP contribution in [0, 0.1) is 5.82 Å². The van der Waals surface area contributed by atoms with Crippen molar-refractivity contribution in [2.75, 3.05) is 33.4 Å². The lowest BCUT2D eigenvalue weighted by molar-refractivity contribution is -0.128. The summed E-state index contributed by atoms with van der Waals surface area (Å²) >= 11 is 0. The third-order valence-corrected chi connectivity index (χ3v) is 4.59. The Morgan fingerprint density at radius 1 is 1.21 bits per heavy atom. The van der Waals surface area contributed by atoms with E-state index >= 15 is 0 Å². The van der Waals surface area contributed by atoms with Crippen LogP contribution in [0.1, 0.15) is 37.7 Å². The molecule has 1 aromatic rings. The normalized spacial score (nSPS) is 16.2. The number of rotatable bonds is 8. The maximum atomic E-state index is 13.6. The fourth-order valence-electron chi connectivity index (χ4n) is 3.32. The fourth-order valence-corrected chi connectivity index (χ4v) is 3.32. The van der Waals surface area contributed by atoms with Crippen LogP contribution in [0.2, 0.25) is 0 Å². The van der Waals surface area contributed by atoms with Crippen molar-refractivity contribution in [3.63, 3.8) is 0 Å². The number of methoxy groups -OCH3 is 1. The van der Waals surface area contributed by atoms with Crippen molar-refractivity contribution in [3.8, 4) is 0 Å². The summed E-state index contributed by atoms with van der Waals surface area (Å²) in [4.78, 5) is 12.8. The number of hydrogen-bond donors (Lipinski definition) is 2. The minimum atomic E-state index is -0.577. The fraction of sp³-hybridized carbons (Fsp3) is 0.611. The van der Waals surface area contributed by atoms with Crippen LogP contribution in [0.3, 0.4) is 0 Å². The van der Waals surface area contributed by atoms with E-state index in [0.29, 0.717) is 19.7 Å². The zero-order chi connectivity index (χ0) is 16.5. The zero-order valence-electron chi connectivity index (χ0n) is 14.3. The second-order valence-electron chi connectivity index (χ2n) is 6.15. The number of carbonyl (C=O) groups excluding carboxylic acids is 1. The second-order valence-corrected chi connectivity index (χ2v) is 6.15. The molecule has 24 heavy (non-hydrogen) atoms. The van der Waals surface area contributed by atoms with E-state index < -0.39 is 5.41 Å². The van der Waals surface area contributed by atoms with E-state index in [4.69, 9.17) is 4.74 Å². The number of amides is 1. The highest BCUT2D eigenvalue weighted by atomic mass is 35.5. The summed E-state index contributed by atoms with van der Waals surface area (Å²) in [6.45, 7) is 2.69. The first-order valence-corrected chi connectivity index (χ1v) is 8.43. The van der Waals surface area contributed by atoms with Crippen LogP contribution in [0.25, 0.3) is 0 Å². The van der Waals surface area contributed by atoms with Crippen molar-refractivity contribution >= 4 is 18.3 Å². The van der Waals surface area contributed by atoms with Crippen LogP contribution in [0.4, 0.5) is 4.39 Å². The summed E-state index contributed by atoms with van der Waals surface area (Å²) in [5, 5.41) is 6.23. The van der Waals surface area contributed by atoms with E-state index in [-0.39, 0.29) is 24.1 Å². The maximum Gasteiger partial charge on any atom is 0.230 e. The molecule has 0 atom stereocenters. The molecule has 1 aliphatic rings. The molecule has 2 rings (SSSR count). The van der Waals surface area contributed by atoms with E-state index in [2.05, 4.69) is 10.6 Å². The van der Waals surface area contributed by atoms with Gasteiger partial charge in [-0.05, 0) is 30.5 Å². The molecule has 1 aliphatic carbocycles. The van der Waals surface area contributed by atoms with Gasteiger partial charge in [-0.3, -0.25) is 4.79 Å². The summed E-state index contributed by atoms with van der Waals surface area (Å²) in [6, 6.07) is 6.52. The molecule has 1 amide bonds. The SMILES string of the molecule is COCCNCCNC(=O)C1(c2cccc(F)c2)CCCCC1.Cl. The molecule has 0 spiro atoms. The van der Waals surface area contributed by atoms with Gasteiger partial charge in [-0.2, -0.15) is 0 Å². The molecular formula is C18H28ClFN2O2. The minimum absolute atomic E-state index is 0. The lowest BCUT2D eigenvalue weighted by atomic mass is 9.68. The summed E-state index contributed by atoms with van der Waals surface area (Å²) in [5.74, 6) is -0.252. The third kappa shape index (κ3) is 5.43. The first-order valence-electron chi connectivity index (χ1n) is 8.43. The molecule has 0 saturated heterocycles. The molecule has 1 aromatic carbocycles. The van der Waals surface area contributed by atoms with Crippen molar-refractivity contribution in [3.05, 3.63) is 35.6 Å². The average molecular weight is 359 g/mol. The summed E-state index contributed by atoms with van der Waals surface area (Å²) in [7, 11) is 1.66. The Morgan fingerprint density at radius 2 is 1.96 bits per heavy atom. The average Bonchev–Trinajstić information content (AvgIpc) is 2.58. The standard InChI is InChI=1S/C18H27FN2O2.ClH/c1-23-13-12-20-10-11-21-17(22)18(8-3-2-4-9-18)15-6-5-7-16(19)14-15;/h5-7,14,20H,2-4,8-13H2,1H3,(H,21,22);1H. The highest BCUT2D eigenvalue weighted by molar-refractivity contribution is 5.88. The topological polar surface area (TPSA) is 50.4 Å². The monoisotopic (exact) mass is 358 g/mol. The third-order valence-electron chi connectivity index (χ3n) is 4.59. The second kappa shape index (κ2) is 10.6. The molecule has 1 saturated carbocycles. The molecule has 0 aliphatic heterocycles. The van der Waals surface area contributed by atoms with Crippen LogP contribution in [0.15, 0.2) is 24.3 Å². The van der Waals surface area contributed by atoms with E-state index in [1.165, 1.54) is 12.1 Å².